The second-order valence-electron chi connectivity index (χ2n) is 4.65. The molecule has 18 heavy (non-hydrogen) atoms. The molecule has 0 aromatic heterocycles. The van der Waals surface area contributed by atoms with Gasteiger partial charge in [-0.25, -0.2) is 9.59 Å². The van der Waals surface area contributed by atoms with Gasteiger partial charge in [-0.15, -0.1) is 0 Å². The van der Waals surface area contributed by atoms with E-state index in [9.17, 15) is 9.59 Å². The van der Waals surface area contributed by atoms with Crippen molar-refractivity contribution in [3.63, 3.8) is 0 Å². The van der Waals surface area contributed by atoms with Crippen molar-refractivity contribution in [3.05, 3.63) is 0 Å². The first kappa shape index (κ1) is 14.8. The SMILES string of the molecule is CCCC1CCCCN1C(=O)NC(CO)C(=O)O. The summed E-state index contributed by atoms with van der Waals surface area (Å²) in [5.41, 5.74) is 0. The van der Waals surface area contributed by atoms with E-state index in [4.69, 9.17) is 10.2 Å². The Kier molecular flexibility index (Phi) is 5.91. The number of carboxylic acid groups (broad SMARTS) is 1. The number of nitrogens with zero attached hydrogens (tertiary/aromatic N) is 1. The third kappa shape index (κ3) is 3.87. The summed E-state index contributed by atoms with van der Waals surface area (Å²) < 4.78 is 0. The Morgan fingerprint density at radius 1 is 1.44 bits per heavy atom. The molecule has 2 amide bonds. The lowest BCUT2D eigenvalue weighted by atomic mass is 9.99. The molecule has 1 heterocycles. The minimum absolute atomic E-state index is 0.192. The Hall–Kier alpha value is -1.30. The van der Waals surface area contributed by atoms with Gasteiger partial charge in [-0.1, -0.05) is 13.3 Å². The zero-order chi connectivity index (χ0) is 13.5. The predicted octanol–water partition coefficient (Wildman–Crippen LogP) is 0.796. The van der Waals surface area contributed by atoms with Crippen LogP contribution in [-0.2, 0) is 4.79 Å². The minimum atomic E-state index is -1.22. The second-order valence-corrected chi connectivity index (χ2v) is 4.65. The lowest BCUT2D eigenvalue weighted by Crippen LogP contribution is -2.53. The fourth-order valence-electron chi connectivity index (χ4n) is 2.32. The summed E-state index contributed by atoms with van der Waals surface area (Å²) >= 11 is 0. The zero-order valence-electron chi connectivity index (χ0n) is 10.8. The molecule has 0 saturated carbocycles. The smallest absolute Gasteiger partial charge is 0.328 e. The Bertz CT molecular complexity index is 294. The summed E-state index contributed by atoms with van der Waals surface area (Å²) in [6.07, 6.45) is 4.96. The van der Waals surface area contributed by atoms with E-state index in [1.54, 1.807) is 4.90 Å². The van der Waals surface area contributed by atoms with Gasteiger partial charge < -0.3 is 20.4 Å². The molecule has 0 aromatic carbocycles. The average molecular weight is 258 g/mol. The van der Waals surface area contributed by atoms with Crippen LogP contribution in [-0.4, -0.2) is 52.3 Å². The van der Waals surface area contributed by atoms with Gasteiger partial charge in [-0.3, -0.25) is 0 Å². The van der Waals surface area contributed by atoms with E-state index in [0.29, 0.717) is 6.54 Å². The molecule has 0 aliphatic carbocycles. The summed E-state index contributed by atoms with van der Waals surface area (Å²) in [5, 5.41) is 20.1. The molecular weight excluding hydrogens is 236 g/mol. The Morgan fingerprint density at radius 3 is 2.72 bits per heavy atom. The normalized spacial score (nSPS) is 21.4. The molecule has 0 bridgehead atoms. The molecule has 1 aliphatic heterocycles. The molecule has 1 aliphatic rings. The molecule has 1 saturated heterocycles. The molecule has 104 valence electrons. The first-order chi connectivity index (χ1) is 8.60. The van der Waals surface area contributed by atoms with Crippen LogP contribution >= 0.6 is 0 Å². The van der Waals surface area contributed by atoms with Crippen LogP contribution in [0, 0.1) is 0 Å². The van der Waals surface area contributed by atoms with Crippen LogP contribution in [0.25, 0.3) is 0 Å². The number of aliphatic hydroxyl groups excluding tert-OH is 1. The Labute approximate surface area is 107 Å². The first-order valence-electron chi connectivity index (χ1n) is 6.51. The van der Waals surface area contributed by atoms with Crippen LogP contribution in [0.2, 0.25) is 0 Å². The van der Waals surface area contributed by atoms with Crippen LogP contribution in [0.5, 0.6) is 0 Å². The molecule has 6 nitrogen and oxygen atoms in total. The van der Waals surface area contributed by atoms with Gasteiger partial charge in [0.2, 0.25) is 0 Å². The van der Waals surface area contributed by atoms with Crippen molar-refractivity contribution in [1.29, 1.82) is 0 Å². The van der Waals surface area contributed by atoms with Crippen LogP contribution in [0.4, 0.5) is 4.79 Å². The number of nitrogens with one attached hydrogen (secondary N) is 1. The number of carboxylic acids is 1. The molecule has 0 aromatic rings. The Morgan fingerprint density at radius 2 is 2.17 bits per heavy atom. The van der Waals surface area contributed by atoms with E-state index < -0.39 is 18.6 Å². The van der Waals surface area contributed by atoms with Crippen molar-refractivity contribution >= 4 is 12.0 Å². The number of carbonyl (C=O) groups is 2. The number of hydrogen-bond acceptors (Lipinski definition) is 3. The van der Waals surface area contributed by atoms with Crippen LogP contribution in [0.3, 0.4) is 0 Å². The van der Waals surface area contributed by atoms with Crippen LogP contribution in [0.1, 0.15) is 39.0 Å². The molecule has 6 heteroatoms. The van der Waals surface area contributed by atoms with Gasteiger partial charge in [0.1, 0.15) is 0 Å². The van der Waals surface area contributed by atoms with Gasteiger partial charge in [0.05, 0.1) is 6.61 Å². The number of hydrogen-bond donors (Lipinski definition) is 3. The number of aliphatic hydroxyl groups is 1. The summed E-state index contributed by atoms with van der Waals surface area (Å²) in [5.74, 6) is -1.21. The third-order valence-corrected chi connectivity index (χ3v) is 3.29. The standard InChI is InChI=1S/C12H22N2O4/c1-2-5-9-6-3-4-7-14(9)12(18)13-10(8-15)11(16)17/h9-10,15H,2-8H2,1H3,(H,13,18)(H,16,17). The monoisotopic (exact) mass is 258 g/mol. The van der Waals surface area contributed by atoms with Crippen molar-refractivity contribution in [2.24, 2.45) is 0 Å². The highest BCUT2D eigenvalue weighted by Gasteiger charge is 2.28. The summed E-state index contributed by atoms with van der Waals surface area (Å²) in [4.78, 5) is 24.5. The number of urea groups is 1. The molecular formula is C12H22N2O4. The van der Waals surface area contributed by atoms with E-state index in [1.807, 2.05) is 0 Å². The van der Waals surface area contributed by atoms with Crippen molar-refractivity contribution in [1.82, 2.24) is 10.2 Å². The van der Waals surface area contributed by atoms with E-state index in [-0.39, 0.29) is 12.1 Å². The minimum Gasteiger partial charge on any atom is -0.480 e. The number of aliphatic carboxylic acids is 1. The van der Waals surface area contributed by atoms with Gasteiger partial charge in [0.25, 0.3) is 0 Å². The van der Waals surface area contributed by atoms with Gasteiger partial charge >= 0.3 is 12.0 Å². The molecule has 1 fully saturated rings. The van der Waals surface area contributed by atoms with Crippen molar-refractivity contribution in [3.8, 4) is 0 Å². The highest BCUT2D eigenvalue weighted by atomic mass is 16.4. The van der Waals surface area contributed by atoms with E-state index in [1.165, 1.54) is 0 Å². The fourth-order valence-corrected chi connectivity index (χ4v) is 2.32. The quantitative estimate of drug-likeness (QED) is 0.680. The average Bonchev–Trinajstić information content (AvgIpc) is 2.36. The number of carbonyl (C=O) groups excluding carboxylic acids is 1. The highest BCUT2D eigenvalue weighted by Crippen LogP contribution is 2.20. The van der Waals surface area contributed by atoms with Crippen LogP contribution in [0.15, 0.2) is 0 Å². The first-order valence-corrected chi connectivity index (χ1v) is 6.51. The van der Waals surface area contributed by atoms with E-state index in [0.717, 1.165) is 32.1 Å². The van der Waals surface area contributed by atoms with Crippen molar-refractivity contribution in [2.45, 2.75) is 51.1 Å². The largest absolute Gasteiger partial charge is 0.480 e. The maximum atomic E-state index is 12.0. The lowest BCUT2D eigenvalue weighted by Gasteiger charge is -2.36. The molecule has 2 unspecified atom stereocenters. The molecule has 1 rings (SSSR count). The summed E-state index contributed by atoms with van der Waals surface area (Å²) in [6, 6.07) is -1.41. The van der Waals surface area contributed by atoms with Crippen molar-refractivity contribution < 1.29 is 19.8 Å². The number of piperidine rings is 1. The van der Waals surface area contributed by atoms with Gasteiger partial charge in [-0.05, 0) is 25.7 Å². The predicted molar refractivity (Wildman–Crippen MR) is 66.3 cm³/mol. The van der Waals surface area contributed by atoms with Gasteiger partial charge in [0, 0.05) is 12.6 Å². The topological polar surface area (TPSA) is 89.9 Å². The summed E-state index contributed by atoms with van der Waals surface area (Å²) in [7, 11) is 0. The maximum absolute atomic E-state index is 12.0. The van der Waals surface area contributed by atoms with Gasteiger partial charge in [-0.2, -0.15) is 0 Å². The number of likely N-dealkylation sites (tertiary alicyclic amines) is 1. The molecule has 0 radical (unpaired) electrons. The van der Waals surface area contributed by atoms with Gasteiger partial charge in [0.15, 0.2) is 6.04 Å². The Balaban J connectivity index is 2.59. The highest BCUT2D eigenvalue weighted by molar-refractivity contribution is 5.82. The third-order valence-electron chi connectivity index (χ3n) is 3.29. The lowest BCUT2D eigenvalue weighted by molar-refractivity contribution is -0.140. The molecule has 0 spiro atoms. The second kappa shape index (κ2) is 7.20. The number of rotatable bonds is 5. The number of amides is 2. The maximum Gasteiger partial charge on any atom is 0.328 e. The van der Waals surface area contributed by atoms with E-state index >= 15 is 0 Å². The summed E-state index contributed by atoms with van der Waals surface area (Å²) in [6.45, 7) is 2.14. The van der Waals surface area contributed by atoms with Crippen molar-refractivity contribution in [2.75, 3.05) is 13.2 Å². The van der Waals surface area contributed by atoms with Crippen LogP contribution < -0.4 is 5.32 Å². The fraction of sp³-hybridized carbons (Fsp3) is 0.833. The zero-order valence-corrected chi connectivity index (χ0v) is 10.8. The molecule has 3 N–H and O–H groups in total. The molecule has 2 atom stereocenters. The van der Waals surface area contributed by atoms with E-state index in [2.05, 4.69) is 12.2 Å².